The molecule has 8 heteroatoms. The number of amides is 1. The quantitative estimate of drug-likeness (QED) is 0.827. The Morgan fingerprint density at radius 2 is 2.04 bits per heavy atom. The van der Waals surface area contributed by atoms with Gasteiger partial charge >= 0.3 is 6.18 Å². The monoisotopic (exact) mass is 354 g/mol. The predicted molar refractivity (Wildman–Crippen MR) is 80.9 cm³/mol. The smallest absolute Gasteiger partial charge is 0.334 e. The van der Waals surface area contributed by atoms with Gasteiger partial charge in [-0.15, -0.1) is 12.4 Å². The Bertz CT molecular complexity index is 565. The van der Waals surface area contributed by atoms with E-state index in [9.17, 15) is 22.4 Å². The van der Waals surface area contributed by atoms with Crippen LogP contribution in [0.1, 0.15) is 35.7 Å². The summed E-state index contributed by atoms with van der Waals surface area (Å²) in [7, 11) is 0. The zero-order valence-electron chi connectivity index (χ0n) is 12.6. The van der Waals surface area contributed by atoms with E-state index in [0.29, 0.717) is 24.6 Å². The van der Waals surface area contributed by atoms with Gasteiger partial charge < -0.3 is 10.6 Å². The fraction of sp³-hybridized carbons (Fsp3) is 0.533. The van der Waals surface area contributed by atoms with Crippen LogP contribution in [-0.4, -0.2) is 29.9 Å². The number of carbonyl (C=O) groups is 1. The van der Waals surface area contributed by atoms with Crippen molar-refractivity contribution in [3.8, 4) is 0 Å². The molecule has 0 aliphatic carbocycles. The molecule has 23 heavy (non-hydrogen) atoms. The van der Waals surface area contributed by atoms with Crippen LogP contribution in [0.2, 0.25) is 0 Å². The average molecular weight is 355 g/mol. The van der Waals surface area contributed by atoms with E-state index >= 15 is 0 Å². The second-order valence-electron chi connectivity index (χ2n) is 5.71. The number of nitrogens with two attached hydrogens (primary N) is 1. The van der Waals surface area contributed by atoms with Gasteiger partial charge in [-0.3, -0.25) is 4.79 Å². The molecule has 2 atom stereocenters. The molecule has 2 unspecified atom stereocenters. The van der Waals surface area contributed by atoms with Gasteiger partial charge in [-0.05, 0) is 37.0 Å². The summed E-state index contributed by atoms with van der Waals surface area (Å²) in [5.74, 6) is -1.50. The molecule has 2 rings (SSSR count). The normalized spacial score (nSPS) is 21.7. The Morgan fingerprint density at radius 1 is 1.39 bits per heavy atom. The van der Waals surface area contributed by atoms with Crippen LogP contribution in [-0.2, 0) is 6.18 Å². The molecule has 1 fully saturated rings. The molecule has 130 valence electrons. The van der Waals surface area contributed by atoms with Crippen LogP contribution >= 0.6 is 12.4 Å². The SMILES string of the molecule is CC1CCN(C(=O)c2ccc(F)c(C(F)(F)F)c2)C(CN)C1.Cl. The van der Waals surface area contributed by atoms with Crippen molar-refractivity contribution in [2.24, 2.45) is 11.7 Å². The topological polar surface area (TPSA) is 46.3 Å². The molecule has 1 aliphatic heterocycles. The fourth-order valence-corrected chi connectivity index (χ4v) is 2.78. The van der Waals surface area contributed by atoms with Gasteiger partial charge in [0, 0.05) is 24.7 Å². The van der Waals surface area contributed by atoms with Crippen molar-refractivity contribution in [3.05, 3.63) is 35.1 Å². The number of alkyl halides is 3. The maximum Gasteiger partial charge on any atom is 0.419 e. The molecule has 1 aromatic carbocycles. The highest BCUT2D eigenvalue weighted by Crippen LogP contribution is 2.32. The van der Waals surface area contributed by atoms with Crippen molar-refractivity contribution in [3.63, 3.8) is 0 Å². The summed E-state index contributed by atoms with van der Waals surface area (Å²) in [4.78, 5) is 13.9. The second-order valence-corrected chi connectivity index (χ2v) is 5.71. The van der Waals surface area contributed by atoms with Crippen molar-refractivity contribution in [2.75, 3.05) is 13.1 Å². The third-order valence-electron chi connectivity index (χ3n) is 4.03. The van der Waals surface area contributed by atoms with Crippen molar-refractivity contribution in [1.82, 2.24) is 4.90 Å². The van der Waals surface area contributed by atoms with Crippen LogP contribution in [0.15, 0.2) is 18.2 Å². The van der Waals surface area contributed by atoms with Crippen LogP contribution in [0, 0.1) is 11.7 Å². The lowest BCUT2D eigenvalue weighted by Crippen LogP contribution is -2.49. The maximum absolute atomic E-state index is 13.3. The molecule has 0 bridgehead atoms. The van der Waals surface area contributed by atoms with E-state index in [1.165, 1.54) is 4.90 Å². The number of likely N-dealkylation sites (tertiary alicyclic amines) is 1. The zero-order valence-corrected chi connectivity index (χ0v) is 13.4. The summed E-state index contributed by atoms with van der Waals surface area (Å²) in [5, 5.41) is 0. The first-order valence-electron chi connectivity index (χ1n) is 7.11. The number of hydrogen-bond donors (Lipinski definition) is 1. The van der Waals surface area contributed by atoms with Gasteiger partial charge in [-0.25, -0.2) is 4.39 Å². The maximum atomic E-state index is 13.3. The Balaban J connectivity index is 0.00000264. The van der Waals surface area contributed by atoms with E-state index in [-0.39, 0.29) is 30.6 Å². The minimum Gasteiger partial charge on any atom is -0.334 e. The van der Waals surface area contributed by atoms with Gasteiger partial charge in [0.05, 0.1) is 5.56 Å². The van der Waals surface area contributed by atoms with Gasteiger partial charge in [-0.1, -0.05) is 6.92 Å². The summed E-state index contributed by atoms with van der Waals surface area (Å²) in [6, 6.07) is 2.14. The molecule has 1 aromatic rings. The lowest BCUT2D eigenvalue weighted by Gasteiger charge is -2.38. The van der Waals surface area contributed by atoms with Crippen molar-refractivity contribution >= 4 is 18.3 Å². The largest absolute Gasteiger partial charge is 0.419 e. The summed E-state index contributed by atoms with van der Waals surface area (Å²) in [6.07, 6.45) is -3.34. The zero-order chi connectivity index (χ0) is 16.5. The third-order valence-corrected chi connectivity index (χ3v) is 4.03. The number of hydrogen-bond acceptors (Lipinski definition) is 2. The van der Waals surface area contributed by atoms with Crippen LogP contribution in [0.25, 0.3) is 0 Å². The van der Waals surface area contributed by atoms with Gasteiger partial charge in [0.15, 0.2) is 0 Å². The minimum absolute atomic E-state index is 0. The van der Waals surface area contributed by atoms with Crippen molar-refractivity contribution in [1.29, 1.82) is 0 Å². The van der Waals surface area contributed by atoms with Crippen LogP contribution in [0.4, 0.5) is 17.6 Å². The number of nitrogens with zero attached hydrogens (tertiary/aromatic N) is 1. The average Bonchev–Trinajstić information content (AvgIpc) is 2.45. The Morgan fingerprint density at radius 3 is 2.61 bits per heavy atom. The Labute approximate surface area is 138 Å². The van der Waals surface area contributed by atoms with E-state index in [0.717, 1.165) is 18.9 Å². The molecule has 0 aromatic heterocycles. The third kappa shape index (κ3) is 4.35. The van der Waals surface area contributed by atoms with Crippen LogP contribution in [0.3, 0.4) is 0 Å². The summed E-state index contributed by atoms with van der Waals surface area (Å²) < 4.78 is 51.5. The number of piperidine rings is 1. The first kappa shape index (κ1) is 19.7. The molecule has 0 radical (unpaired) electrons. The minimum atomic E-state index is -4.83. The molecule has 3 nitrogen and oxygen atoms in total. The van der Waals surface area contributed by atoms with Gasteiger partial charge in [0.1, 0.15) is 5.82 Å². The first-order valence-corrected chi connectivity index (χ1v) is 7.11. The van der Waals surface area contributed by atoms with Gasteiger partial charge in [0.25, 0.3) is 5.91 Å². The lowest BCUT2D eigenvalue weighted by molar-refractivity contribution is -0.140. The lowest BCUT2D eigenvalue weighted by atomic mass is 9.91. The van der Waals surface area contributed by atoms with Crippen LogP contribution < -0.4 is 5.73 Å². The first-order chi connectivity index (χ1) is 10.2. The van der Waals surface area contributed by atoms with E-state index < -0.39 is 23.5 Å². The molecular formula is C15H19ClF4N2O. The molecule has 1 heterocycles. The molecule has 1 saturated heterocycles. The van der Waals surface area contributed by atoms with E-state index in [1.54, 1.807) is 0 Å². The standard InChI is InChI=1S/C15H18F4N2O.ClH/c1-9-4-5-21(11(6-9)8-20)14(22)10-2-3-13(16)12(7-10)15(17,18)19;/h2-3,7,9,11H,4-6,8,20H2,1H3;1H. The van der Waals surface area contributed by atoms with Crippen molar-refractivity contribution < 1.29 is 22.4 Å². The number of halogens is 5. The number of rotatable bonds is 2. The van der Waals surface area contributed by atoms with E-state index in [1.807, 2.05) is 6.92 Å². The number of benzene rings is 1. The highest BCUT2D eigenvalue weighted by molar-refractivity contribution is 5.94. The molecule has 1 amide bonds. The van der Waals surface area contributed by atoms with Gasteiger partial charge in [-0.2, -0.15) is 13.2 Å². The predicted octanol–water partition coefficient (Wildman–Crippen LogP) is 3.47. The fourth-order valence-electron chi connectivity index (χ4n) is 2.78. The summed E-state index contributed by atoms with van der Waals surface area (Å²) in [5.41, 5.74) is 4.07. The summed E-state index contributed by atoms with van der Waals surface area (Å²) in [6.45, 7) is 2.74. The molecule has 2 N–H and O–H groups in total. The molecule has 0 saturated carbocycles. The molecular weight excluding hydrogens is 336 g/mol. The Kier molecular flexibility index (Phi) is 6.41. The number of carbonyl (C=O) groups excluding carboxylic acids is 1. The second kappa shape index (κ2) is 7.49. The van der Waals surface area contributed by atoms with Gasteiger partial charge in [0.2, 0.25) is 0 Å². The highest BCUT2D eigenvalue weighted by atomic mass is 35.5. The molecule has 0 spiro atoms. The van der Waals surface area contributed by atoms with E-state index in [4.69, 9.17) is 5.73 Å². The Hall–Kier alpha value is -1.34. The van der Waals surface area contributed by atoms with E-state index in [2.05, 4.69) is 0 Å². The highest BCUT2D eigenvalue weighted by Gasteiger charge is 2.36. The van der Waals surface area contributed by atoms with Crippen molar-refractivity contribution in [2.45, 2.75) is 32.0 Å². The molecule has 1 aliphatic rings. The van der Waals surface area contributed by atoms with Crippen LogP contribution in [0.5, 0.6) is 0 Å². The summed E-state index contributed by atoms with van der Waals surface area (Å²) >= 11 is 0.